The summed E-state index contributed by atoms with van der Waals surface area (Å²) in [5.74, 6) is 1.19. The highest BCUT2D eigenvalue weighted by Crippen LogP contribution is 2.18. The van der Waals surface area contributed by atoms with Gasteiger partial charge in [0.05, 0.1) is 0 Å². The van der Waals surface area contributed by atoms with Crippen molar-refractivity contribution in [1.29, 1.82) is 0 Å². The molecule has 2 aromatic heterocycles. The summed E-state index contributed by atoms with van der Waals surface area (Å²) in [7, 11) is 0. The third-order valence-corrected chi connectivity index (χ3v) is 4.69. The van der Waals surface area contributed by atoms with E-state index < -0.39 is 0 Å². The third kappa shape index (κ3) is 4.28. The number of nitrogens with zero attached hydrogens (tertiary/aromatic N) is 2. The second kappa shape index (κ2) is 8.52. The number of H-pyrrole nitrogens is 1. The molecule has 0 spiro atoms. The largest absolute Gasteiger partial charge is 0.361 e. The van der Waals surface area contributed by atoms with E-state index in [1.165, 1.54) is 10.9 Å². The van der Waals surface area contributed by atoms with E-state index in [-0.39, 0.29) is 5.91 Å². The summed E-state index contributed by atoms with van der Waals surface area (Å²) in [6, 6.07) is 17.9. The number of rotatable bonds is 8. The number of carbonyl (C=O) groups excluding carboxylic acids is 1. The zero-order chi connectivity index (χ0) is 19.2. The number of fused-ring (bicyclic) bond motifs is 1. The van der Waals surface area contributed by atoms with Gasteiger partial charge in [0.1, 0.15) is 0 Å². The zero-order valence-corrected chi connectivity index (χ0v) is 15.5. The lowest BCUT2D eigenvalue weighted by molar-refractivity contribution is -0.121. The number of carbonyl (C=O) groups is 1. The summed E-state index contributed by atoms with van der Waals surface area (Å²) in [5.41, 5.74) is 3.26. The van der Waals surface area contributed by atoms with E-state index in [1.807, 2.05) is 48.7 Å². The monoisotopic (exact) mass is 374 g/mol. The lowest BCUT2D eigenvalue weighted by Crippen LogP contribution is -2.25. The van der Waals surface area contributed by atoms with Gasteiger partial charge in [0.2, 0.25) is 17.6 Å². The molecule has 0 bridgehead atoms. The van der Waals surface area contributed by atoms with Gasteiger partial charge in [0, 0.05) is 42.0 Å². The number of aromatic nitrogens is 3. The van der Waals surface area contributed by atoms with Crippen molar-refractivity contribution >= 4 is 16.8 Å². The fraction of sp³-hybridized carbons (Fsp3) is 0.227. The van der Waals surface area contributed by atoms with Gasteiger partial charge in [0.25, 0.3) is 0 Å². The number of aryl methyl sites for hydroxylation is 1. The molecule has 0 atom stereocenters. The van der Waals surface area contributed by atoms with Crippen molar-refractivity contribution < 1.29 is 9.32 Å². The first-order valence-corrected chi connectivity index (χ1v) is 9.49. The molecule has 2 N–H and O–H groups in total. The summed E-state index contributed by atoms with van der Waals surface area (Å²) in [6.45, 7) is 0.624. The number of para-hydroxylation sites is 1. The van der Waals surface area contributed by atoms with Crippen LogP contribution >= 0.6 is 0 Å². The van der Waals surface area contributed by atoms with Crippen LogP contribution in [0.1, 0.15) is 24.3 Å². The number of benzene rings is 2. The smallest absolute Gasteiger partial charge is 0.226 e. The fourth-order valence-electron chi connectivity index (χ4n) is 3.22. The third-order valence-electron chi connectivity index (χ3n) is 4.69. The molecule has 4 aromatic rings. The molecule has 142 valence electrons. The number of hydrogen-bond acceptors (Lipinski definition) is 4. The molecule has 2 aromatic carbocycles. The molecule has 0 aliphatic carbocycles. The number of hydrogen-bond donors (Lipinski definition) is 2. The van der Waals surface area contributed by atoms with E-state index in [9.17, 15) is 4.79 Å². The first kappa shape index (κ1) is 18.0. The summed E-state index contributed by atoms with van der Waals surface area (Å²) in [4.78, 5) is 19.7. The molecule has 0 saturated heterocycles. The zero-order valence-electron chi connectivity index (χ0n) is 15.5. The number of aromatic amines is 1. The molecule has 0 aliphatic rings. The van der Waals surface area contributed by atoms with Gasteiger partial charge in [-0.15, -0.1) is 0 Å². The van der Waals surface area contributed by atoms with Crippen molar-refractivity contribution in [3.8, 4) is 11.4 Å². The van der Waals surface area contributed by atoms with E-state index >= 15 is 0 Å². The van der Waals surface area contributed by atoms with Crippen molar-refractivity contribution in [1.82, 2.24) is 20.4 Å². The summed E-state index contributed by atoms with van der Waals surface area (Å²) < 4.78 is 5.28. The van der Waals surface area contributed by atoms with Gasteiger partial charge in [-0.05, 0) is 24.5 Å². The Kier molecular flexibility index (Phi) is 5.47. The van der Waals surface area contributed by atoms with Gasteiger partial charge >= 0.3 is 0 Å². The second-order valence-corrected chi connectivity index (χ2v) is 6.69. The first-order chi connectivity index (χ1) is 13.8. The molecular weight excluding hydrogens is 352 g/mol. The molecule has 0 radical (unpaired) electrons. The molecule has 4 rings (SSSR count). The second-order valence-electron chi connectivity index (χ2n) is 6.69. The lowest BCUT2D eigenvalue weighted by Gasteiger charge is -2.04. The minimum absolute atomic E-state index is 0.0441. The van der Waals surface area contributed by atoms with E-state index in [1.54, 1.807) is 0 Å². The summed E-state index contributed by atoms with van der Waals surface area (Å²) in [6.07, 6.45) is 4.53. The molecule has 28 heavy (non-hydrogen) atoms. The summed E-state index contributed by atoms with van der Waals surface area (Å²) in [5, 5.41) is 8.19. The topological polar surface area (TPSA) is 83.8 Å². The van der Waals surface area contributed by atoms with Gasteiger partial charge in [-0.3, -0.25) is 4.79 Å². The van der Waals surface area contributed by atoms with Crippen molar-refractivity contribution in [3.63, 3.8) is 0 Å². The molecule has 2 heterocycles. The molecule has 6 heteroatoms. The van der Waals surface area contributed by atoms with Gasteiger partial charge < -0.3 is 14.8 Å². The Morgan fingerprint density at radius 2 is 1.86 bits per heavy atom. The van der Waals surface area contributed by atoms with E-state index in [2.05, 4.69) is 32.6 Å². The van der Waals surface area contributed by atoms with Crippen LogP contribution < -0.4 is 5.32 Å². The predicted octanol–water partition coefficient (Wildman–Crippen LogP) is 3.90. The Hall–Kier alpha value is -3.41. The number of amides is 1. The SMILES string of the molecule is O=C(CCCc1nc(-c2ccccc2)no1)NCCc1c[nH]c2ccccc12. The highest BCUT2D eigenvalue weighted by Gasteiger charge is 2.09. The van der Waals surface area contributed by atoms with Gasteiger partial charge in [-0.25, -0.2) is 0 Å². The minimum atomic E-state index is 0.0441. The lowest BCUT2D eigenvalue weighted by atomic mass is 10.1. The standard InChI is InChI=1S/C22H22N4O2/c27-20(23-14-13-17-15-24-19-10-5-4-9-18(17)19)11-6-12-21-25-22(26-28-21)16-7-2-1-3-8-16/h1-5,7-10,15,24H,6,11-14H2,(H,23,27). The van der Waals surface area contributed by atoms with E-state index in [0.717, 1.165) is 17.5 Å². The average Bonchev–Trinajstić information content (AvgIpc) is 3.36. The van der Waals surface area contributed by atoms with Crippen LogP contribution in [0.5, 0.6) is 0 Å². The Morgan fingerprint density at radius 1 is 1.04 bits per heavy atom. The maximum atomic E-state index is 12.1. The van der Waals surface area contributed by atoms with Crippen LogP contribution in [-0.4, -0.2) is 27.6 Å². The van der Waals surface area contributed by atoms with Crippen LogP contribution in [-0.2, 0) is 17.6 Å². The van der Waals surface area contributed by atoms with Gasteiger partial charge in [-0.2, -0.15) is 4.98 Å². The van der Waals surface area contributed by atoms with Crippen LogP contribution in [0.15, 0.2) is 65.3 Å². The Bertz CT molecular complexity index is 1050. The highest BCUT2D eigenvalue weighted by atomic mass is 16.5. The van der Waals surface area contributed by atoms with Gasteiger partial charge in [-0.1, -0.05) is 53.7 Å². The van der Waals surface area contributed by atoms with Crippen LogP contribution in [0.25, 0.3) is 22.3 Å². The van der Waals surface area contributed by atoms with Gasteiger partial charge in [0.15, 0.2) is 0 Å². The fourth-order valence-corrected chi connectivity index (χ4v) is 3.22. The van der Waals surface area contributed by atoms with Crippen molar-refractivity contribution in [2.24, 2.45) is 0 Å². The van der Waals surface area contributed by atoms with Crippen LogP contribution in [0.2, 0.25) is 0 Å². The Labute approximate surface area is 163 Å². The highest BCUT2D eigenvalue weighted by molar-refractivity contribution is 5.83. The van der Waals surface area contributed by atoms with Crippen molar-refractivity contribution in [2.75, 3.05) is 6.54 Å². The normalized spacial score (nSPS) is 11.0. The van der Waals surface area contributed by atoms with E-state index in [4.69, 9.17) is 4.52 Å². The molecule has 1 amide bonds. The van der Waals surface area contributed by atoms with Crippen LogP contribution in [0.3, 0.4) is 0 Å². The molecule has 0 fully saturated rings. The number of nitrogens with one attached hydrogen (secondary N) is 2. The van der Waals surface area contributed by atoms with Crippen LogP contribution in [0.4, 0.5) is 0 Å². The molecule has 0 saturated carbocycles. The summed E-state index contributed by atoms with van der Waals surface area (Å²) >= 11 is 0. The maximum Gasteiger partial charge on any atom is 0.226 e. The quantitative estimate of drug-likeness (QED) is 0.490. The van der Waals surface area contributed by atoms with E-state index in [0.29, 0.717) is 37.5 Å². The first-order valence-electron chi connectivity index (χ1n) is 9.49. The van der Waals surface area contributed by atoms with Crippen LogP contribution in [0, 0.1) is 0 Å². The van der Waals surface area contributed by atoms with Crippen molar-refractivity contribution in [3.05, 3.63) is 72.2 Å². The molecule has 0 aliphatic heterocycles. The minimum Gasteiger partial charge on any atom is -0.361 e. The Morgan fingerprint density at radius 3 is 2.75 bits per heavy atom. The molecular formula is C22H22N4O2. The molecule has 0 unspecified atom stereocenters. The average molecular weight is 374 g/mol. The maximum absolute atomic E-state index is 12.1. The van der Waals surface area contributed by atoms with Crippen molar-refractivity contribution in [2.45, 2.75) is 25.7 Å². The predicted molar refractivity (Wildman–Crippen MR) is 108 cm³/mol. The molecule has 6 nitrogen and oxygen atoms in total. The Balaban J connectivity index is 1.19.